The van der Waals surface area contributed by atoms with Crippen LogP contribution in [0.1, 0.15) is 35.3 Å². The Balaban J connectivity index is 1.20. The first-order valence-corrected chi connectivity index (χ1v) is 11.6. The van der Waals surface area contributed by atoms with E-state index < -0.39 is 16.7 Å². The molecule has 4 rings (SSSR count). The van der Waals surface area contributed by atoms with Crippen LogP contribution in [0.2, 0.25) is 0 Å². The van der Waals surface area contributed by atoms with Gasteiger partial charge in [0, 0.05) is 17.7 Å². The number of carbonyl (C=O) groups is 2. The highest BCUT2D eigenvalue weighted by atomic mass is 16.6. The van der Waals surface area contributed by atoms with Crippen LogP contribution in [0.25, 0.3) is 11.3 Å². The van der Waals surface area contributed by atoms with Gasteiger partial charge >= 0.3 is 0 Å². The van der Waals surface area contributed by atoms with Crippen LogP contribution in [-0.4, -0.2) is 36.1 Å². The number of carbonyl (C=O) groups excluding carboxylic acids is 2. The molecule has 1 heterocycles. The number of fused-ring (bicyclic) bond motifs is 1. The third kappa shape index (κ3) is 6.35. The molecule has 2 N–H and O–H groups in total. The Morgan fingerprint density at radius 2 is 1.89 bits per heavy atom. The first kappa shape index (κ1) is 24.6. The van der Waals surface area contributed by atoms with Gasteiger partial charge in [-0.1, -0.05) is 6.07 Å². The summed E-state index contributed by atoms with van der Waals surface area (Å²) in [5.41, 5.74) is 6.33. The number of ether oxygens (including phenoxy) is 1. The summed E-state index contributed by atoms with van der Waals surface area (Å²) in [6, 6.07) is 13.7. The standard InChI is InChI=1S/C26H26N4O6/c1-17-12-20(30(33)34)7-10-23(17)24-11-9-22(36-24)14-28-29-25(31)15-27-26(32)16-35-21-8-6-18-4-2-3-5-19(18)13-21/h6-14H,2-5,15-16H2,1H3,(H,27,32)(H,29,31)/b28-14-. The van der Waals surface area contributed by atoms with E-state index in [2.05, 4.69) is 15.8 Å². The summed E-state index contributed by atoms with van der Waals surface area (Å²) in [5, 5.41) is 17.2. The van der Waals surface area contributed by atoms with E-state index in [1.165, 1.54) is 35.9 Å². The number of benzene rings is 2. The number of non-ortho nitro benzene ring substituents is 1. The lowest BCUT2D eigenvalue weighted by Crippen LogP contribution is -2.37. The molecular weight excluding hydrogens is 464 g/mol. The van der Waals surface area contributed by atoms with Crippen molar-refractivity contribution in [1.29, 1.82) is 0 Å². The van der Waals surface area contributed by atoms with Crippen LogP contribution in [0.3, 0.4) is 0 Å². The quantitative estimate of drug-likeness (QED) is 0.267. The van der Waals surface area contributed by atoms with Crippen molar-refractivity contribution >= 4 is 23.7 Å². The maximum absolute atomic E-state index is 12.0. The summed E-state index contributed by atoms with van der Waals surface area (Å²) < 4.78 is 11.2. The van der Waals surface area contributed by atoms with E-state index in [1.54, 1.807) is 25.1 Å². The number of hydrogen-bond acceptors (Lipinski definition) is 7. The van der Waals surface area contributed by atoms with Crippen LogP contribution in [0.15, 0.2) is 58.0 Å². The minimum Gasteiger partial charge on any atom is -0.484 e. The van der Waals surface area contributed by atoms with Crippen molar-refractivity contribution in [3.8, 4) is 17.1 Å². The number of nitro benzene ring substituents is 1. The van der Waals surface area contributed by atoms with Crippen molar-refractivity contribution in [3.63, 3.8) is 0 Å². The molecule has 10 heteroatoms. The van der Waals surface area contributed by atoms with Gasteiger partial charge in [0.15, 0.2) is 6.61 Å². The molecule has 0 fully saturated rings. The molecule has 1 aliphatic rings. The van der Waals surface area contributed by atoms with Gasteiger partial charge in [0.1, 0.15) is 17.3 Å². The number of nitro groups is 1. The molecule has 0 radical (unpaired) electrons. The highest BCUT2D eigenvalue weighted by Crippen LogP contribution is 2.28. The lowest BCUT2D eigenvalue weighted by Gasteiger charge is -2.16. The van der Waals surface area contributed by atoms with E-state index in [0.29, 0.717) is 28.4 Å². The third-order valence-corrected chi connectivity index (χ3v) is 5.83. The summed E-state index contributed by atoms with van der Waals surface area (Å²) >= 11 is 0. The molecule has 2 amide bonds. The Bertz CT molecular complexity index is 1310. The topological polar surface area (TPSA) is 136 Å². The highest BCUT2D eigenvalue weighted by Gasteiger charge is 2.13. The van der Waals surface area contributed by atoms with Gasteiger partial charge in [-0.25, -0.2) is 5.43 Å². The molecular formula is C26H26N4O6. The third-order valence-electron chi connectivity index (χ3n) is 5.83. The lowest BCUT2D eigenvalue weighted by molar-refractivity contribution is -0.384. The normalized spacial score (nSPS) is 12.7. The summed E-state index contributed by atoms with van der Waals surface area (Å²) in [6.45, 7) is 1.31. The number of rotatable bonds is 9. The SMILES string of the molecule is Cc1cc([N+](=O)[O-])ccc1-c1ccc(/C=N\NC(=O)CNC(=O)COc2ccc3c(c2)CCCC3)o1. The summed E-state index contributed by atoms with van der Waals surface area (Å²) in [7, 11) is 0. The smallest absolute Gasteiger partial charge is 0.269 e. The summed E-state index contributed by atoms with van der Waals surface area (Å²) in [5.74, 6) is 0.612. The molecule has 0 bridgehead atoms. The zero-order valence-electron chi connectivity index (χ0n) is 19.8. The molecule has 0 spiro atoms. The van der Waals surface area contributed by atoms with Crippen LogP contribution in [0.4, 0.5) is 5.69 Å². The zero-order chi connectivity index (χ0) is 25.5. The van der Waals surface area contributed by atoms with E-state index in [4.69, 9.17) is 9.15 Å². The predicted molar refractivity (Wildman–Crippen MR) is 133 cm³/mol. The van der Waals surface area contributed by atoms with Crippen LogP contribution in [0.5, 0.6) is 5.75 Å². The van der Waals surface area contributed by atoms with Crippen molar-refractivity contribution in [2.45, 2.75) is 32.6 Å². The fourth-order valence-corrected chi connectivity index (χ4v) is 3.99. The van der Waals surface area contributed by atoms with Gasteiger partial charge < -0.3 is 14.5 Å². The van der Waals surface area contributed by atoms with Gasteiger partial charge in [0.2, 0.25) is 0 Å². The number of hydrogen-bond donors (Lipinski definition) is 2. The Hall–Kier alpha value is -4.47. The lowest BCUT2D eigenvalue weighted by atomic mass is 9.92. The molecule has 2 aromatic carbocycles. The highest BCUT2D eigenvalue weighted by molar-refractivity contribution is 5.86. The van der Waals surface area contributed by atoms with Gasteiger partial charge in [-0.2, -0.15) is 5.10 Å². The van der Waals surface area contributed by atoms with Gasteiger partial charge in [-0.3, -0.25) is 19.7 Å². The summed E-state index contributed by atoms with van der Waals surface area (Å²) in [6.07, 6.45) is 5.79. The Morgan fingerprint density at radius 1 is 1.08 bits per heavy atom. The van der Waals surface area contributed by atoms with Crippen molar-refractivity contribution in [3.05, 3.63) is 81.1 Å². The van der Waals surface area contributed by atoms with E-state index in [1.807, 2.05) is 18.2 Å². The fourth-order valence-electron chi connectivity index (χ4n) is 3.99. The predicted octanol–water partition coefficient (Wildman–Crippen LogP) is 3.69. The molecule has 3 aromatic rings. The van der Waals surface area contributed by atoms with Crippen LogP contribution >= 0.6 is 0 Å². The Kier molecular flexibility index (Phi) is 7.74. The van der Waals surface area contributed by atoms with E-state index in [9.17, 15) is 19.7 Å². The monoisotopic (exact) mass is 490 g/mol. The molecule has 0 saturated heterocycles. The molecule has 1 aliphatic carbocycles. The molecule has 1 aromatic heterocycles. The van der Waals surface area contributed by atoms with Gasteiger partial charge in [-0.15, -0.1) is 0 Å². The average Bonchev–Trinajstić information content (AvgIpc) is 3.34. The maximum Gasteiger partial charge on any atom is 0.269 e. The number of aryl methyl sites for hydroxylation is 3. The Labute approximate surface area is 207 Å². The second-order valence-corrected chi connectivity index (χ2v) is 8.45. The molecule has 0 aliphatic heterocycles. The van der Waals surface area contributed by atoms with Crippen molar-refractivity contribution < 1.29 is 23.7 Å². The largest absolute Gasteiger partial charge is 0.484 e. The van der Waals surface area contributed by atoms with Crippen molar-refractivity contribution in [2.75, 3.05) is 13.2 Å². The maximum atomic E-state index is 12.0. The summed E-state index contributed by atoms with van der Waals surface area (Å²) in [4.78, 5) is 34.4. The van der Waals surface area contributed by atoms with Gasteiger partial charge in [0.25, 0.3) is 17.5 Å². The Morgan fingerprint density at radius 3 is 2.67 bits per heavy atom. The number of nitrogens with one attached hydrogen (secondary N) is 2. The van der Waals surface area contributed by atoms with E-state index in [0.717, 1.165) is 19.3 Å². The van der Waals surface area contributed by atoms with Crippen LogP contribution in [-0.2, 0) is 22.4 Å². The van der Waals surface area contributed by atoms with Crippen LogP contribution < -0.4 is 15.5 Å². The van der Waals surface area contributed by atoms with E-state index in [-0.39, 0.29) is 18.8 Å². The number of amides is 2. The number of hydrazone groups is 1. The molecule has 0 unspecified atom stereocenters. The molecule has 36 heavy (non-hydrogen) atoms. The molecule has 10 nitrogen and oxygen atoms in total. The molecule has 0 saturated carbocycles. The second kappa shape index (κ2) is 11.3. The first-order valence-electron chi connectivity index (χ1n) is 11.6. The van der Waals surface area contributed by atoms with Gasteiger partial charge in [-0.05, 0) is 79.6 Å². The second-order valence-electron chi connectivity index (χ2n) is 8.45. The van der Waals surface area contributed by atoms with Gasteiger partial charge in [0.05, 0.1) is 17.7 Å². The number of nitrogens with zero attached hydrogens (tertiary/aromatic N) is 2. The van der Waals surface area contributed by atoms with Crippen molar-refractivity contribution in [2.24, 2.45) is 5.10 Å². The average molecular weight is 491 g/mol. The number of furan rings is 1. The zero-order valence-corrected chi connectivity index (χ0v) is 19.8. The first-order chi connectivity index (χ1) is 17.4. The van der Waals surface area contributed by atoms with Crippen molar-refractivity contribution in [1.82, 2.24) is 10.7 Å². The van der Waals surface area contributed by atoms with Crippen LogP contribution in [0, 0.1) is 17.0 Å². The minimum atomic E-state index is -0.508. The minimum absolute atomic E-state index is 0.00422. The molecule has 0 atom stereocenters. The van der Waals surface area contributed by atoms with E-state index >= 15 is 0 Å². The fraction of sp³-hybridized carbons (Fsp3) is 0.269. The molecule has 186 valence electrons.